The molecule has 2 fully saturated rings. The minimum Gasteiger partial charge on any atom is -0.462 e. The minimum absolute atomic E-state index is 0.0180. The molecule has 1 saturated heterocycles. The quantitative estimate of drug-likeness (QED) is 0.670. The number of ether oxygens (including phenoxy) is 1. The van der Waals surface area contributed by atoms with Gasteiger partial charge in [-0.2, -0.15) is 0 Å². The van der Waals surface area contributed by atoms with Crippen molar-refractivity contribution in [3.63, 3.8) is 0 Å². The molecule has 1 amide bonds. The first-order valence-corrected chi connectivity index (χ1v) is 10.9. The van der Waals surface area contributed by atoms with E-state index in [4.69, 9.17) is 4.74 Å². The van der Waals surface area contributed by atoms with E-state index in [1.807, 2.05) is 6.92 Å². The Labute approximate surface area is 179 Å². The van der Waals surface area contributed by atoms with Gasteiger partial charge in [-0.1, -0.05) is 0 Å². The summed E-state index contributed by atoms with van der Waals surface area (Å²) < 4.78 is 7.33. The Bertz CT molecular complexity index is 1160. The lowest BCUT2D eigenvalue weighted by Gasteiger charge is -2.33. The molecular formula is C22H28N4O5. The van der Waals surface area contributed by atoms with Crippen molar-refractivity contribution >= 4 is 22.9 Å². The molecule has 1 saturated carbocycles. The van der Waals surface area contributed by atoms with Crippen molar-refractivity contribution in [2.45, 2.75) is 64.5 Å². The number of amides is 1. The fraction of sp³-hybridized carbons (Fsp3) is 0.591. The molecule has 2 aromatic rings. The van der Waals surface area contributed by atoms with E-state index in [0.717, 1.165) is 36.7 Å². The lowest BCUT2D eigenvalue weighted by molar-refractivity contribution is -0.135. The van der Waals surface area contributed by atoms with Crippen LogP contribution in [0.3, 0.4) is 0 Å². The van der Waals surface area contributed by atoms with E-state index in [0.29, 0.717) is 12.2 Å². The van der Waals surface area contributed by atoms with Gasteiger partial charge in [0.2, 0.25) is 5.91 Å². The molecule has 166 valence electrons. The zero-order valence-electron chi connectivity index (χ0n) is 18.2. The van der Waals surface area contributed by atoms with Crippen LogP contribution in [0.1, 0.15) is 67.9 Å². The van der Waals surface area contributed by atoms with Gasteiger partial charge in [0, 0.05) is 31.2 Å². The van der Waals surface area contributed by atoms with Gasteiger partial charge >= 0.3 is 11.7 Å². The number of piperidine rings is 1. The number of rotatable bonds is 5. The van der Waals surface area contributed by atoms with E-state index in [-0.39, 0.29) is 47.6 Å². The van der Waals surface area contributed by atoms with Gasteiger partial charge in [-0.25, -0.2) is 14.6 Å². The molecule has 9 heteroatoms. The molecule has 4 rings (SSSR count). The van der Waals surface area contributed by atoms with Crippen molar-refractivity contribution in [2.24, 2.45) is 7.05 Å². The molecule has 1 aliphatic carbocycles. The van der Waals surface area contributed by atoms with Crippen LogP contribution in [0.15, 0.2) is 15.7 Å². The molecular weight excluding hydrogens is 400 g/mol. The predicted octanol–water partition coefficient (Wildman–Crippen LogP) is 1.55. The third-order valence-electron chi connectivity index (χ3n) is 6.22. The van der Waals surface area contributed by atoms with E-state index >= 15 is 0 Å². The second-order valence-electron chi connectivity index (χ2n) is 8.45. The van der Waals surface area contributed by atoms with Gasteiger partial charge in [-0.15, -0.1) is 0 Å². The van der Waals surface area contributed by atoms with E-state index in [1.54, 1.807) is 17.9 Å². The number of pyridine rings is 1. The number of aryl methyl sites for hydroxylation is 1. The van der Waals surface area contributed by atoms with Gasteiger partial charge in [0.05, 0.1) is 17.6 Å². The number of hydrogen-bond donors (Lipinski definition) is 0. The van der Waals surface area contributed by atoms with Crippen molar-refractivity contribution in [1.82, 2.24) is 19.0 Å². The molecule has 2 aromatic heterocycles. The van der Waals surface area contributed by atoms with Gasteiger partial charge in [0.1, 0.15) is 12.2 Å². The lowest BCUT2D eigenvalue weighted by Crippen LogP contribution is -2.48. The van der Waals surface area contributed by atoms with Crippen molar-refractivity contribution in [1.29, 1.82) is 0 Å². The zero-order valence-corrected chi connectivity index (χ0v) is 18.2. The molecule has 31 heavy (non-hydrogen) atoms. The van der Waals surface area contributed by atoms with E-state index in [1.165, 1.54) is 11.6 Å². The molecule has 0 bridgehead atoms. The SMILES string of the molecule is CCOC(=O)c1cc(C2CC2)nc2c1c(=O)n(CC(=O)N1CCCC[C@H]1C)c(=O)n2C. The summed E-state index contributed by atoms with van der Waals surface area (Å²) in [6, 6.07) is 1.67. The summed E-state index contributed by atoms with van der Waals surface area (Å²) in [5.41, 5.74) is -0.375. The highest BCUT2D eigenvalue weighted by Gasteiger charge is 2.30. The van der Waals surface area contributed by atoms with Crippen molar-refractivity contribution in [3.05, 3.63) is 38.2 Å². The summed E-state index contributed by atoms with van der Waals surface area (Å²) in [4.78, 5) is 58.2. The van der Waals surface area contributed by atoms with Crippen LogP contribution in [-0.2, 0) is 23.1 Å². The van der Waals surface area contributed by atoms with E-state index < -0.39 is 17.2 Å². The smallest absolute Gasteiger partial charge is 0.339 e. The van der Waals surface area contributed by atoms with Crippen LogP contribution >= 0.6 is 0 Å². The Morgan fingerprint density at radius 3 is 2.58 bits per heavy atom. The maximum absolute atomic E-state index is 13.4. The molecule has 9 nitrogen and oxygen atoms in total. The molecule has 2 aliphatic rings. The van der Waals surface area contributed by atoms with Crippen LogP contribution in [0, 0.1) is 0 Å². The summed E-state index contributed by atoms with van der Waals surface area (Å²) in [5.74, 6) is -0.682. The number of aromatic nitrogens is 3. The predicted molar refractivity (Wildman–Crippen MR) is 114 cm³/mol. The zero-order chi connectivity index (χ0) is 22.3. The summed E-state index contributed by atoms with van der Waals surface area (Å²) >= 11 is 0. The second kappa shape index (κ2) is 8.28. The Balaban J connectivity index is 1.85. The van der Waals surface area contributed by atoms with Crippen molar-refractivity contribution < 1.29 is 14.3 Å². The normalized spacial score (nSPS) is 18.9. The summed E-state index contributed by atoms with van der Waals surface area (Å²) in [6.07, 6.45) is 4.77. The van der Waals surface area contributed by atoms with Crippen LogP contribution in [0.4, 0.5) is 0 Å². The van der Waals surface area contributed by atoms with Gasteiger partial charge in [-0.05, 0) is 52.0 Å². The topological polar surface area (TPSA) is 104 Å². The first-order chi connectivity index (χ1) is 14.8. The first kappa shape index (κ1) is 21.3. The largest absolute Gasteiger partial charge is 0.462 e. The average Bonchev–Trinajstić information content (AvgIpc) is 3.60. The van der Waals surface area contributed by atoms with E-state index in [2.05, 4.69) is 4.98 Å². The highest BCUT2D eigenvalue weighted by molar-refractivity contribution is 6.02. The second-order valence-corrected chi connectivity index (χ2v) is 8.45. The maximum Gasteiger partial charge on any atom is 0.339 e. The number of fused-ring (bicyclic) bond motifs is 1. The Hall–Kier alpha value is -2.97. The van der Waals surface area contributed by atoms with Crippen molar-refractivity contribution in [2.75, 3.05) is 13.2 Å². The van der Waals surface area contributed by atoms with E-state index in [9.17, 15) is 19.2 Å². The standard InChI is InChI=1S/C22H28N4O5/c1-4-31-21(29)15-11-16(14-8-9-14)23-19-18(15)20(28)26(22(30)24(19)3)12-17(27)25-10-6-5-7-13(25)2/h11,13-14H,4-10,12H2,1-3H3/t13-/m1/s1. The molecule has 1 aliphatic heterocycles. The van der Waals surface area contributed by atoms with Crippen LogP contribution < -0.4 is 11.2 Å². The molecule has 0 aromatic carbocycles. The Morgan fingerprint density at radius 2 is 1.94 bits per heavy atom. The number of nitrogens with zero attached hydrogens (tertiary/aromatic N) is 4. The Morgan fingerprint density at radius 1 is 1.19 bits per heavy atom. The summed E-state index contributed by atoms with van der Waals surface area (Å²) in [7, 11) is 1.51. The lowest BCUT2D eigenvalue weighted by atomic mass is 10.0. The maximum atomic E-state index is 13.4. The van der Waals surface area contributed by atoms with Crippen LogP contribution in [0.25, 0.3) is 11.0 Å². The molecule has 0 unspecified atom stereocenters. The molecule has 0 N–H and O–H groups in total. The minimum atomic E-state index is -0.686. The fourth-order valence-corrected chi connectivity index (χ4v) is 4.29. The average molecular weight is 428 g/mol. The molecule has 1 atom stereocenters. The molecule has 0 radical (unpaired) electrons. The Kier molecular flexibility index (Phi) is 5.68. The third kappa shape index (κ3) is 3.88. The number of carbonyl (C=O) groups is 2. The van der Waals surface area contributed by atoms with Crippen molar-refractivity contribution in [3.8, 4) is 0 Å². The first-order valence-electron chi connectivity index (χ1n) is 10.9. The summed E-state index contributed by atoms with van der Waals surface area (Å²) in [5, 5.41) is 0.0180. The fourth-order valence-electron chi connectivity index (χ4n) is 4.29. The molecule has 0 spiro atoms. The van der Waals surface area contributed by atoms with Gasteiger partial charge in [0.25, 0.3) is 5.56 Å². The third-order valence-corrected chi connectivity index (χ3v) is 6.22. The van der Waals surface area contributed by atoms with Crippen LogP contribution in [0.5, 0.6) is 0 Å². The number of hydrogen-bond acceptors (Lipinski definition) is 6. The highest BCUT2D eigenvalue weighted by Crippen LogP contribution is 2.40. The number of esters is 1. The highest BCUT2D eigenvalue weighted by atomic mass is 16.5. The van der Waals surface area contributed by atoms with Gasteiger partial charge in [0.15, 0.2) is 0 Å². The van der Waals surface area contributed by atoms with Crippen LogP contribution in [0.2, 0.25) is 0 Å². The summed E-state index contributed by atoms with van der Waals surface area (Å²) in [6.45, 7) is 4.07. The van der Waals surface area contributed by atoms with Gasteiger partial charge in [-0.3, -0.25) is 18.7 Å². The number of carbonyl (C=O) groups excluding carboxylic acids is 2. The van der Waals surface area contributed by atoms with Crippen LogP contribution in [-0.4, -0.2) is 50.1 Å². The van der Waals surface area contributed by atoms with Gasteiger partial charge < -0.3 is 9.64 Å². The monoisotopic (exact) mass is 428 g/mol. The molecule has 3 heterocycles. The number of likely N-dealkylation sites (tertiary alicyclic amines) is 1.